The van der Waals surface area contributed by atoms with Gasteiger partial charge in [0.1, 0.15) is 5.75 Å². The SMILES string of the molecule is CCCOc1c(C)cc(C)cc1CC(C)CC(C)N. The maximum atomic E-state index is 5.95. The molecule has 19 heavy (non-hydrogen) atoms. The molecule has 0 spiro atoms. The Labute approximate surface area is 118 Å². The van der Waals surface area contributed by atoms with Crippen molar-refractivity contribution in [1.82, 2.24) is 0 Å². The lowest BCUT2D eigenvalue weighted by Gasteiger charge is -2.19. The average Bonchev–Trinajstić information content (AvgIpc) is 2.26. The third-order valence-corrected chi connectivity index (χ3v) is 3.29. The summed E-state index contributed by atoms with van der Waals surface area (Å²) in [6.45, 7) is 11.6. The van der Waals surface area contributed by atoms with E-state index in [4.69, 9.17) is 10.5 Å². The third kappa shape index (κ3) is 5.23. The van der Waals surface area contributed by atoms with Gasteiger partial charge in [-0.15, -0.1) is 0 Å². The highest BCUT2D eigenvalue weighted by Gasteiger charge is 2.13. The average molecular weight is 263 g/mol. The Morgan fingerprint density at radius 1 is 1.21 bits per heavy atom. The van der Waals surface area contributed by atoms with Crippen molar-refractivity contribution in [3.8, 4) is 5.75 Å². The summed E-state index contributed by atoms with van der Waals surface area (Å²) in [7, 11) is 0. The largest absolute Gasteiger partial charge is 0.493 e. The zero-order chi connectivity index (χ0) is 14.4. The Balaban J connectivity index is 2.90. The molecule has 2 unspecified atom stereocenters. The molecule has 0 saturated heterocycles. The molecular formula is C17H29NO. The van der Waals surface area contributed by atoms with Crippen molar-refractivity contribution >= 4 is 0 Å². The first-order valence-corrected chi connectivity index (χ1v) is 7.42. The molecule has 2 heteroatoms. The predicted octanol–water partition coefficient (Wildman–Crippen LogP) is 4.01. The number of hydrogen-bond acceptors (Lipinski definition) is 2. The number of hydrogen-bond donors (Lipinski definition) is 1. The highest BCUT2D eigenvalue weighted by Crippen LogP contribution is 2.28. The van der Waals surface area contributed by atoms with Crippen LogP contribution in [0.5, 0.6) is 5.75 Å². The summed E-state index contributed by atoms with van der Waals surface area (Å²) in [5.74, 6) is 1.68. The monoisotopic (exact) mass is 263 g/mol. The molecular weight excluding hydrogens is 234 g/mol. The van der Waals surface area contributed by atoms with E-state index in [2.05, 4.69) is 46.8 Å². The van der Waals surface area contributed by atoms with E-state index >= 15 is 0 Å². The van der Waals surface area contributed by atoms with Crippen LogP contribution < -0.4 is 10.5 Å². The molecule has 0 heterocycles. The first-order valence-electron chi connectivity index (χ1n) is 7.42. The van der Waals surface area contributed by atoms with Crippen molar-refractivity contribution in [3.63, 3.8) is 0 Å². The second-order valence-electron chi connectivity index (χ2n) is 5.94. The number of benzene rings is 1. The van der Waals surface area contributed by atoms with Gasteiger partial charge in [-0.3, -0.25) is 0 Å². The van der Waals surface area contributed by atoms with Crippen molar-refractivity contribution < 1.29 is 4.74 Å². The second kappa shape index (κ2) is 7.54. The molecule has 0 bridgehead atoms. The van der Waals surface area contributed by atoms with E-state index in [1.54, 1.807) is 0 Å². The van der Waals surface area contributed by atoms with Gasteiger partial charge in [-0.25, -0.2) is 0 Å². The zero-order valence-electron chi connectivity index (χ0n) is 13.1. The van der Waals surface area contributed by atoms with Gasteiger partial charge in [-0.05, 0) is 57.1 Å². The van der Waals surface area contributed by atoms with Crippen LogP contribution >= 0.6 is 0 Å². The van der Waals surface area contributed by atoms with Gasteiger partial charge < -0.3 is 10.5 Å². The number of rotatable bonds is 7. The maximum Gasteiger partial charge on any atom is 0.125 e. The zero-order valence-corrected chi connectivity index (χ0v) is 13.1. The lowest BCUT2D eigenvalue weighted by atomic mass is 9.92. The van der Waals surface area contributed by atoms with Gasteiger partial charge in [0, 0.05) is 6.04 Å². The summed E-state index contributed by atoms with van der Waals surface area (Å²) in [5, 5.41) is 0. The number of ether oxygens (including phenoxy) is 1. The quantitative estimate of drug-likeness (QED) is 0.806. The van der Waals surface area contributed by atoms with E-state index in [9.17, 15) is 0 Å². The highest BCUT2D eigenvalue weighted by molar-refractivity contribution is 5.44. The van der Waals surface area contributed by atoms with E-state index in [-0.39, 0.29) is 6.04 Å². The number of nitrogens with two attached hydrogens (primary N) is 1. The van der Waals surface area contributed by atoms with Crippen LogP contribution in [0.25, 0.3) is 0 Å². The minimum Gasteiger partial charge on any atom is -0.493 e. The topological polar surface area (TPSA) is 35.2 Å². The molecule has 1 aromatic rings. The molecule has 0 fully saturated rings. The van der Waals surface area contributed by atoms with Crippen LogP contribution in [-0.4, -0.2) is 12.6 Å². The summed E-state index contributed by atoms with van der Waals surface area (Å²) in [6, 6.07) is 4.72. The molecule has 2 N–H and O–H groups in total. The maximum absolute atomic E-state index is 5.95. The van der Waals surface area contributed by atoms with Crippen LogP contribution in [0.1, 0.15) is 50.3 Å². The summed E-state index contributed by atoms with van der Waals surface area (Å²) >= 11 is 0. The van der Waals surface area contributed by atoms with Crippen molar-refractivity contribution in [1.29, 1.82) is 0 Å². The van der Waals surface area contributed by atoms with Crippen molar-refractivity contribution in [2.75, 3.05) is 6.61 Å². The molecule has 1 aromatic carbocycles. The summed E-state index contributed by atoms with van der Waals surface area (Å²) in [6.07, 6.45) is 3.14. The first-order chi connectivity index (χ1) is 8.93. The summed E-state index contributed by atoms with van der Waals surface area (Å²) < 4.78 is 5.95. The smallest absolute Gasteiger partial charge is 0.125 e. The third-order valence-electron chi connectivity index (χ3n) is 3.29. The van der Waals surface area contributed by atoms with Crippen molar-refractivity contribution in [3.05, 3.63) is 28.8 Å². The molecule has 0 aliphatic heterocycles. The minimum absolute atomic E-state index is 0.265. The summed E-state index contributed by atoms with van der Waals surface area (Å²) in [5.41, 5.74) is 9.78. The summed E-state index contributed by atoms with van der Waals surface area (Å²) in [4.78, 5) is 0. The van der Waals surface area contributed by atoms with Crippen LogP contribution in [0.15, 0.2) is 12.1 Å². The van der Waals surface area contributed by atoms with Crippen LogP contribution in [0.3, 0.4) is 0 Å². The van der Waals surface area contributed by atoms with Gasteiger partial charge in [0.2, 0.25) is 0 Å². The molecule has 0 aliphatic carbocycles. The van der Waals surface area contributed by atoms with Crippen molar-refractivity contribution in [2.45, 2.75) is 59.9 Å². The molecule has 0 amide bonds. The molecule has 0 aromatic heterocycles. The van der Waals surface area contributed by atoms with Crippen molar-refractivity contribution in [2.24, 2.45) is 11.7 Å². The van der Waals surface area contributed by atoms with E-state index in [0.717, 1.165) is 31.6 Å². The first kappa shape index (κ1) is 16.0. The molecule has 0 saturated carbocycles. The second-order valence-corrected chi connectivity index (χ2v) is 5.94. The highest BCUT2D eigenvalue weighted by atomic mass is 16.5. The van der Waals surface area contributed by atoms with Crippen LogP contribution in [0.2, 0.25) is 0 Å². The van der Waals surface area contributed by atoms with E-state index in [0.29, 0.717) is 5.92 Å². The van der Waals surface area contributed by atoms with Crippen LogP contribution in [0, 0.1) is 19.8 Å². The Hall–Kier alpha value is -1.02. The van der Waals surface area contributed by atoms with Gasteiger partial charge >= 0.3 is 0 Å². The molecule has 0 radical (unpaired) electrons. The minimum atomic E-state index is 0.265. The fourth-order valence-electron chi connectivity index (χ4n) is 2.70. The molecule has 0 aliphatic rings. The molecule has 2 atom stereocenters. The Morgan fingerprint density at radius 2 is 1.89 bits per heavy atom. The molecule has 108 valence electrons. The van der Waals surface area contributed by atoms with E-state index < -0.39 is 0 Å². The Bertz CT molecular complexity index is 398. The number of aryl methyl sites for hydroxylation is 2. The Morgan fingerprint density at radius 3 is 2.47 bits per heavy atom. The normalized spacial score (nSPS) is 14.2. The Kier molecular flexibility index (Phi) is 6.36. The van der Waals surface area contributed by atoms with Gasteiger partial charge in [0.25, 0.3) is 0 Å². The fourth-order valence-corrected chi connectivity index (χ4v) is 2.70. The predicted molar refractivity (Wildman–Crippen MR) is 82.8 cm³/mol. The van der Waals surface area contributed by atoms with E-state index in [1.807, 2.05) is 0 Å². The van der Waals surface area contributed by atoms with Gasteiger partial charge in [-0.1, -0.05) is 31.5 Å². The lowest BCUT2D eigenvalue weighted by molar-refractivity contribution is 0.309. The van der Waals surface area contributed by atoms with Crippen LogP contribution in [-0.2, 0) is 6.42 Å². The van der Waals surface area contributed by atoms with Gasteiger partial charge in [0.15, 0.2) is 0 Å². The molecule has 1 rings (SSSR count). The van der Waals surface area contributed by atoms with Gasteiger partial charge in [0.05, 0.1) is 6.61 Å². The van der Waals surface area contributed by atoms with Crippen LogP contribution in [0.4, 0.5) is 0 Å². The lowest BCUT2D eigenvalue weighted by Crippen LogP contribution is -2.19. The standard InChI is InChI=1S/C17H29NO/c1-6-7-19-17-14(4)8-12(2)10-16(17)11-13(3)9-15(5)18/h8,10,13,15H,6-7,9,11,18H2,1-5H3. The molecule has 2 nitrogen and oxygen atoms in total. The fraction of sp³-hybridized carbons (Fsp3) is 0.647. The van der Waals surface area contributed by atoms with E-state index in [1.165, 1.54) is 16.7 Å². The van der Waals surface area contributed by atoms with Gasteiger partial charge in [-0.2, -0.15) is 0 Å².